The highest BCUT2D eigenvalue weighted by atomic mass is 32.1. The highest BCUT2D eigenvalue weighted by Gasteiger charge is 2.35. The predicted octanol–water partition coefficient (Wildman–Crippen LogP) is 0.476. The lowest BCUT2D eigenvalue weighted by molar-refractivity contribution is -0.132. The molecular weight excluding hydrogens is 328 g/mol. The molecule has 7 nitrogen and oxygen atoms in total. The minimum atomic E-state index is -0.440. The molecule has 2 heterocycles. The first-order valence-corrected chi connectivity index (χ1v) is 7.62. The monoisotopic (exact) mass is 344 g/mol. The number of rotatable bonds is 1. The molecule has 0 unspecified atom stereocenters. The molecule has 1 saturated heterocycles. The van der Waals surface area contributed by atoms with Gasteiger partial charge >= 0.3 is 5.69 Å². The summed E-state index contributed by atoms with van der Waals surface area (Å²) in [5.74, 6) is -0.879. The fourth-order valence-corrected chi connectivity index (χ4v) is 2.92. The van der Waals surface area contributed by atoms with Crippen molar-refractivity contribution in [2.75, 3.05) is 14.1 Å². The SMILES string of the molecule is CN1C(=O)C(=Cc2ccc3c(c2)n(C)c(=O)n3C)C(=O)N(C)C1=S. The highest BCUT2D eigenvalue weighted by Crippen LogP contribution is 2.20. The minimum absolute atomic E-state index is 0.0360. The number of fused-ring (bicyclic) bond motifs is 1. The molecule has 2 amide bonds. The van der Waals surface area contributed by atoms with Crippen molar-refractivity contribution in [1.82, 2.24) is 18.9 Å². The fourth-order valence-electron chi connectivity index (χ4n) is 2.76. The van der Waals surface area contributed by atoms with E-state index < -0.39 is 11.8 Å². The van der Waals surface area contributed by atoms with Crippen LogP contribution in [-0.4, -0.2) is 50.0 Å². The molecule has 0 aliphatic carbocycles. The lowest BCUT2D eigenvalue weighted by atomic mass is 10.1. The average Bonchev–Trinajstić information content (AvgIpc) is 2.79. The van der Waals surface area contributed by atoms with Gasteiger partial charge in [-0.05, 0) is 36.0 Å². The largest absolute Gasteiger partial charge is 0.328 e. The lowest BCUT2D eigenvalue weighted by Gasteiger charge is -2.31. The van der Waals surface area contributed by atoms with Crippen LogP contribution < -0.4 is 5.69 Å². The van der Waals surface area contributed by atoms with E-state index in [1.807, 2.05) is 0 Å². The second-order valence-electron chi connectivity index (χ2n) is 5.72. The van der Waals surface area contributed by atoms with Gasteiger partial charge in [0.15, 0.2) is 5.11 Å². The van der Waals surface area contributed by atoms with Gasteiger partial charge in [0.1, 0.15) is 5.57 Å². The maximum Gasteiger partial charge on any atom is 0.328 e. The molecule has 1 aliphatic rings. The van der Waals surface area contributed by atoms with E-state index in [0.717, 1.165) is 11.0 Å². The van der Waals surface area contributed by atoms with Crippen molar-refractivity contribution < 1.29 is 9.59 Å². The summed E-state index contributed by atoms with van der Waals surface area (Å²) in [5.41, 5.74) is 2.07. The summed E-state index contributed by atoms with van der Waals surface area (Å²) in [4.78, 5) is 39.2. The van der Waals surface area contributed by atoms with E-state index in [-0.39, 0.29) is 16.4 Å². The third-order valence-corrected chi connectivity index (χ3v) is 4.80. The number of benzene rings is 1. The molecule has 3 rings (SSSR count). The molecule has 0 spiro atoms. The van der Waals surface area contributed by atoms with Gasteiger partial charge in [0.2, 0.25) is 0 Å². The molecule has 0 saturated carbocycles. The molecule has 1 aliphatic heterocycles. The Hall–Kier alpha value is -2.74. The Bertz CT molecular complexity index is 973. The van der Waals surface area contributed by atoms with Gasteiger partial charge in [0.25, 0.3) is 11.8 Å². The van der Waals surface area contributed by atoms with Crippen LogP contribution in [0.5, 0.6) is 0 Å². The van der Waals surface area contributed by atoms with E-state index in [4.69, 9.17) is 12.2 Å². The number of thiocarbonyl (C=S) groups is 1. The van der Waals surface area contributed by atoms with Crippen LogP contribution in [0.15, 0.2) is 28.6 Å². The molecule has 8 heteroatoms. The summed E-state index contributed by atoms with van der Waals surface area (Å²) in [7, 11) is 6.44. The molecule has 0 bridgehead atoms. The van der Waals surface area contributed by atoms with E-state index in [1.54, 1.807) is 36.9 Å². The maximum absolute atomic E-state index is 12.3. The topological polar surface area (TPSA) is 67.5 Å². The van der Waals surface area contributed by atoms with Crippen molar-refractivity contribution in [3.63, 3.8) is 0 Å². The summed E-state index contributed by atoms with van der Waals surface area (Å²) in [5, 5.41) is 0.169. The van der Waals surface area contributed by atoms with Crippen LogP contribution in [0.25, 0.3) is 17.1 Å². The number of hydrogen-bond donors (Lipinski definition) is 0. The van der Waals surface area contributed by atoms with Crippen LogP contribution in [0.1, 0.15) is 5.56 Å². The molecule has 1 aromatic carbocycles. The van der Waals surface area contributed by atoms with E-state index in [9.17, 15) is 14.4 Å². The van der Waals surface area contributed by atoms with Crippen molar-refractivity contribution in [2.45, 2.75) is 0 Å². The Kier molecular flexibility index (Phi) is 3.64. The van der Waals surface area contributed by atoms with Gasteiger partial charge in [-0.25, -0.2) is 4.79 Å². The van der Waals surface area contributed by atoms with E-state index in [1.165, 1.54) is 34.5 Å². The predicted molar refractivity (Wildman–Crippen MR) is 94.3 cm³/mol. The molecule has 0 N–H and O–H groups in total. The molecule has 24 heavy (non-hydrogen) atoms. The van der Waals surface area contributed by atoms with Gasteiger partial charge in [-0.15, -0.1) is 0 Å². The second kappa shape index (κ2) is 5.41. The number of hydrogen-bond acceptors (Lipinski definition) is 4. The number of nitrogens with zero attached hydrogens (tertiary/aromatic N) is 4. The van der Waals surface area contributed by atoms with Gasteiger partial charge in [0, 0.05) is 28.2 Å². The van der Waals surface area contributed by atoms with Crippen LogP contribution in [0.2, 0.25) is 0 Å². The van der Waals surface area contributed by atoms with Crippen molar-refractivity contribution in [1.29, 1.82) is 0 Å². The van der Waals surface area contributed by atoms with Crippen LogP contribution in [0.4, 0.5) is 0 Å². The highest BCUT2D eigenvalue weighted by molar-refractivity contribution is 7.80. The molecule has 124 valence electrons. The Balaban J connectivity index is 2.14. The zero-order valence-corrected chi connectivity index (χ0v) is 14.5. The van der Waals surface area contributed by atoms with E-state index in [0.29, 0.717) is 5.56 Å². The minimum Gasteiger partial charge on any atom is -0.295 e. The molecule has 1 aromatic heterocycles. The normalized spacial score (nSPS) is 15.7. The molecular formula is C16H16N4O3S. The van der Waals surface area contributed by atoms with Crippen molar-refractivity contribution >= 4 is 46.3 Å². The smallest absolute Gasteiger partial charge is 0.295 e. The Morgan fingerprint density at radius 1 is 0.875 bits per heavy atom. The number of carbonyl (C=O) groups excluding carboxylic acids is 2. The summed E-state index contributed by atoms with van der Waals surface area (Å²) in [6, 6.07) is 5.33. The number of aromatic nitrogens is 2. The number of carbonyl (C=O) groups is 2. The van der Waals surface area contributed by atoms with E-state index in [2.05, 4.69) is 0 Å². The Morgan fingerprint density at radius 2 is 1.42 bits per heavy atom. The Labute approximate surface area is 143 Å². The van der Waals surface area contributed by atoms with Gasteiger partial charge in [-0.2, -0.15) is 0 Å². The first kappa shape index (κ1) is 16.1. The van der Waals surface area contributed by atoms with Crippen molar-refractivity contribution in [2.24, 2.45) is 14.1 Å². The maximum atomic E-state index is 12.3. The van der Waals surface area contributed by atoms with Gasteiger partial charge in [-0.3, -0.25) is 28.5 Å². The first-order valence-electron chi connectivity index (χ1n) is 7.21. The summed E-state index contributed by atoms with van der Waals surface area (Å²) >= 11 is 5.06. The average molecular weight is 344 g/mol. The van der Waals surface area contributed by atoms with E-state index >= 15 is 0 Å². The van der Waals surface area contributed by atoms with Gasteiger partial charge in [-0.1, -0.05) is 6.07 Å². The standard InChI is InChI=1S/C16H16N4O3S/c1-17-11-6-5-9(8-12(11)18(2)15(17)23)7-10-13(21)19(3)16(24)20(4)14(10)22/h5-8H,1-4H3. The van der Waals surface area contributed by atoms with Gasteiger partial charge in [0.05, 0.1) is 11.0 Å². The zero-order valence-electron chi connectivity index (χ0n) is 13.7. The van der Waals surface area contributed by atoms with Crippen LogP contribution >= 0.6 is 12.2 Å². The second-order valence-corrected chi connectivity index (χ2v) is 6.08. The molecule has 0 atom stereocenters. The zero-order chi connectivity index (χ0) is 17.8. The quantitative estimate of drug-likeness (QED) is 0.429. The van der Waals surface area contributed by atoms with Crippen molar-refractivity contribution in [3.8, 4) is 0 Å². The third kappa shape index (κ3) is 2.18. The Morgan fingerprint density at radius 3 is 2.00 bits per heavy atom. The molecule has 2 aromatic rings. The number of aryl methyl sites for hydroxylation is 2. The van der Waals surface area contributed by atoms with Crippen molar-refractivity contribution in [3.05, 3.63) is 39.8 Å². The fraction of sp³-hybridized carbons (Fsp3) is 0.250. The van der Waals surface area contributed by atoms with Crippen LogP contribution in [-0.2, 0) is 23.7 Å². The summed E-state index contributed by atoms with van der Waals surface area (Å²) < 4.78 is 3.07. The summed E-state index contributed by atoms with van der Waals surface area (Å²) in [6.45, 7) is 0. The number of imidazole rings is 1. The molecule has 0 radical (unpaired) electrons. The molecule has 1 fully saturated rings. The number of likely N-dealkylation sites (N-methyl/N-ethyl adjacent to an activating group) is 2. The summed E-state index contributed by atoms with van der Waals surface area (Å²) in [6.07, 6.45) is 1.52. The first-order chi connectivity index (χ1) is 11.2. The third-order valence-electron chi connectivity index (χ3n) is 4.25. The van der Waals surface area contributed by atoms with Crippen LogP contribution in [0.3, 0.4) is 0 Å². The van der Waals surface area contributed by atoms with Gasteiger partial charge < -0.3 is 0 Å². The van der Waals surface area contributed by atoms with Crippen LogP contribution in [0, 0.1) is 0 Å². The lowest BCUT2D eigenvalue weighted by Crippen LogP contribution is -2.52. The number of amides is 2.